The summed E-state index contributed by atoms with van der Waals surface area (Å²) in [4.78, 5) is 6.30. The molecule has 1 aromatic rings. The van der Waals surface area contributed by atoms with E-state index in [1.54, 1.807) is 18.3 Å². The fourth-order valence-electron chi connectivity index (χ4n) is 1.93. The molecule has 2 heterocycles. The van der Waals surface area contributed by atoms with Crippen LogP contribution in [0.5, 0.6) is 0 Å². The summed E-state index contributed by atoms with van der Waals surface area (Å²) in [6.07, 6.45) is 5.35. The zero-order valence-electron chi connectivity index (χ0n) is 9.67. The maximum absolute atomic E-state index is 11.8. The van der Waals surface area contributed by atoms with Crippen molar-refractivity contribution in [2.24, 2.45) is 0 Å². The average molecular weight is 255 g/mol. The van der Waals surface area contributed by atoms with E-state index in [0.717, 1.165) is 19.6 Å². The topological polar surface area (TPSA) is 62.3 Å². The van der Waals surface area contributed by atoms with Gasteiger partial charge in [-0.25, -0.2) is 13.1 Å². The molecule has 0 saturated carbocycles. The van der Waals surface area contributed by atoms with Gasteiger partial charge in [0.15, 0.2) is 0 Å². The lowest BCUT2D eigenvalue weighted by atomic mass is 10.4. The first kappa shape index (κ1) is 12.5. The van der Waals surface area contributed by atoms with Crippen LogP contribution in [0.15, 0.2) is 29.4 Å². The van der Waals surface area contributed by atoms with Gasteiger partial charge < -0.3 is 4.90 Å². The summed E-state index contributed by atoms with van der Waals surface area (Å²) in [5.41, 5.74) is 0. The Balaban J connectivity index is 1.85. The monoisotopic (exact) mass is 255 g/mol. The van der Waals surface area contributed by atoms with Gasteiger partial charge in [0.05, 0.1) is 0 Å². The van der Waals surface area contributed by atoms with E-state index in [2.05, 4.69) is 14.6 Å². The molecule has 0 atom stereocenters. The summed E-state index contributed by atoms with van der Waals surface area (Å²) >= 11 is 0. The van der Waals surface area contributed by atoms with Crippen LogP contribution in [-0.2, 0) is 10.0 Å². The van der Waals surface area contributed by atoms with E-state index in [-0.39, 0.29) is 4.90 Å². The predicted octanol–water partition coefficient (Wildman–Crippen LogP) is 0.456. The highest BCUT2D eigenvalue weighted by Crippen LogP contribution is 2.07. The van der Waals surface area contributed by atoms with Gasteiger partial charge in [-0.2, -0.15) is 0 Å². The number of sulfonamides is 1. The van der Waals surface area contributed by atoms with E-state index in [1.165, 1.54) is 19.0 Å². The summed E-state index contributed by atoms with van der Waals surface area (Å²) < 4.78 is 26.3. The molecule has 6 heteroatoms. The van der Waals surface area contributed by atoms with E-state index >= 15 is 0 Å². The standard InChI is InChI=1S/C11H17N3O2S/c15-17(16,11-4-3-5-12-10-11)13-6-9-14-7-1-2-8-14/h3-5,10,13H,1-2,6-9H2. The van der Waals surface area contributed by atoms with E-state index < -0.39 is 10.0 Å². The molecular formula is C11H17N3O2S. The Hall–Kier alpha value is -0.980. The second-order valence-electron chi connectivity index (χ2n) is 4.14. The third-order valence-electron chi connectivity index (χ3n) is 2.86. The van der Waals surface area contributed by atoms with Crippen molar-refractivity contribution in [1.29, 1.82) is 0 Å². The molecule has 0 bridgehead atoms. The maximum Gasteiger partial charge on any atom is 0.242 e. The Kier molecular flexibility index (Phi) is 4.09. The Morgan fingerprint density at radius 3 is 2.76 bits per heavy atom. The Labute approximate surface area is 102 Å². The van der Waals surface area contributed by atoms with Crippen LogP contribution in [0, 0.1) is 0 Å². The number of hydrogen-bond donors (Lipinski definition) is 1. The van der Waals surface area contributed by atoms with Crippen LogP contribution in [0.1, 0.15) is 12.8 Å². The number of rotatable bonds is 5. The lowest BCUT2D eigenvalue weighted by molar-refractivity contribution is 0.344. The lowest BCUT2D eigenvalue weighted by Crippen LogP contribution is -2.33. The van der Waals surface area contributed by atoms with Crippen LogP contribution < -0.4 is 4.72 Å². The van der Waals surface area contributed by atoms with Crippen LogP contribution in [0.3, 0.4) is 0 Å². The van der Waals surface area contributed by atoms with E-state index in [9.17, 15) is 8.42 Å². The first-order valence-electron chi connectivity index (χ1n) is 5.80. The fraction of sp³-hybridized carbons (Fsp3) is 0.545. The third kappa shape index (κ3) is 3.49. The van der Waals surface area contributed by atoms with E-state index in [4.69, 9.17) is 0 Å². The Morgan fingerprint density at radius 2 is 2.12 bits per heavy atom. The SMILES string of the molecule is O=S(=O)(NCCN1CCCC1)c1cccnc1. The van der Waals surface area contributed by atoms with Crippen molar-refractivity contribution in [2.45, 2.75) is 17.7 Å². The van der Waals surface area contributed by atoms with Crippen molar-refractivity contribution in [2.75, 3.05) is 26.2 Å². The van der Waals surface area contributed by atoms with E-state index in [0.29, 0.717) is 6.54 Å². The molecule has 0 unspecified atom stereocenters. The molecule has 1 fully saturated rings. The minimum atomic E-state index is -3.39. The number of nitrogens with zero attached hydrogens (tertiary/aromatic N) is 2. The van der Waals surface area contributed by atoms with Gasteiger partial charge in [-0.1, -0.05) is 0 Å². The zero-order chi connectivity index (χ0) is 12.1. The Bertz CT molecular complexity index is 441. The highest BCUT2D eigenvalue weighted by Gasteiger charge is 2.15. The largest absolute Gasteiger partial charge is 0.302 e. The van der Waals surface area contributed by atoms with Gasteiger partial charge in [0.25, 0.3) is 0 Å². The number of nitrogens with one attached hydrogen (secondary N) is 1. The molecule has 5 nitrogen and oxygen atoms in total. The van der Waals surface area contributed by atoms with Gasteiger partial charge in [-0.15, -0.1) is 0 Å². The van der Waals surface area contributed by atoms with Crippen molar-refractivity contribution < 1.29 is 8.42 Å². The summed E-state index contributed by atoms with van der Waals surface area (Å²) in [5.74, 6) is 0. The second kappa shape index (κ2) is 5.57. The smallest absolute Gasteiger partial charge is 0.242 e. The highest BCUT2D eigenvalue weighted by molar-refractivity contribution is 7.89. The van der Waals surface area contributed by atoms with Crippen molar-refractivity contribution >= 4 is 10.0 Å². The molecule has 1 aliphatic heterocycles. The van der Waals surface area contributed by atoms with Crippen molar-refractivity contribution in [3.05, 3.63) is 24.5 Å². The minimum absolute atomic E-state index is 0.224. The molecule has 1 N–H and O–H groups in total. The molecular weight excluding hydrogens is 238 g/mol. The van der Waals surface area contributed by atoms with Crippen LogP contribution in [0.25, 0.3) is 0 Å². The van der Waals surface area contributed by atoms with Crippen molar-refractivity contribution in [1.82, 2.24) is 14.6 Å². The molecule has 0 aromatic carbocycles. The summed E-state index contributed by atoms with van der Waals surface area (Å²) in [6.45, 7) is 3.39. The molecule has 17 heavy (non-hydrogen) atoms. The maximum atomic E-state index is 11.8. The molecule has 1 aliphatic rings. The molecule has 1 saturated heterocycles. The van der Waals surface area contributed by atoms with Crippen molar-refractivity contribution in [3.8, 4) is 0 Å². The number of aromatic nitrogens is 1. The van der Waals surface area contributed by atoms with Crippen LogP contribution >= 0.6 is 0 Å². The minimum Gasteiger partial charge on any atom is -0.302 e. The number of likely N-dealkylation sites (tertiary alicyclic amines) is 1. The van der Waals surface area contributed by atoms with Crippen molar-refractivity contribution in [3.63, 3.8) is 0 Å². The molecule has 0 amide bonds. The molecule has 0 spiro atoms. The quantitative estimate of drug-likeness (QED) is 0.830. The highest BCUT2D eigenvalue weighted by atomic mass is 32.2. The van der Waals surface area contributed by atoms with Crippen LogP contribution in [-0.4, -0.2) is 44.5 Å². The fourth-order valence-corrected chi connectivity index (χ4v) is 2.92. The van der Waals surface area contributed by atoms with Gasteiger partial charge >= 0.3 is 0 Å². The summed E-state index contributed by atoms with van der Waals surface area (Å²) in [7, 11) is -3.39. The first-order chi connectivity index (χ1) is 8.18. The normalized spacial score (nSPS) is 17.4. The second-order valence-corrected chi connectivity index (χ2v) is 5.90. The number of pyridine rings is 1. The average Bonchev–Trinajstić information content (AvgIpc) is 2.83. The lowest BCUT2D eigenvalue weighted by Gasteiger charge is -2.14. The van der Waals surface area contributed by atoms with Crippen LogP contribution in [0.4, 0.5) is 0 Å². The molecule has 1 aromatic heterocycles. The molecule has 2 rings (SSSR count). The van der Waals surface area contributed by atoms with Gasteiger partial charge in [-0.3, -0.25) is 4.98 Å². The molecule has 0 radical (unpaired) electrons. The number of hydrogen-bond acceptors (Lipinski definition) is 4. The van der Waals surface area contributed by atoms with Gasteiger partial charge in [0.2, 0.25) is 10.0 Å². The predicted molar refractivity (Wildman–Crippen MR) is 65.1 cm³/mol. The summed E-state index contributed by atoms with van der Waals surface area (Å²) in [6, 6.07) is 3.17. The summed E-state index contributed by atoms with van der Waals surface area (Å²) in [5, 5.41) is 0. The molecule has 0 aliphatic carbocycles. The third-order valence-corrected chi connectivity index (χ3v) is 4.31. The van der Waals surface area contributed by atoms with Crippen LogP contribution in [0.2, 0.25) is 0 Å². The van der Waals surface area contributed by atoms with Gasteiger partial charge in [-0.05, 0) is 38.1 Å². The molecule has 94 valence electrons. The van der Waals surface area contributed by atoms with Gasteiger partial charge in [0, 0.05) is 25.5 Å². The van der Waals surface area contributed by atoms with E-state index in [1.807, 2.05) is 0 Å². The van der Waals surface area contributed by atoms with Gasteiger partial charge in [0.1, 0.15) is 4.90 Å². The zero-order valence-corrected chi connectivity index (χ0v) is 10.5. The first-order valence-corrected chi connectivity index (χ1v) is 7.29. The Morgan fingerprint density at radius 1 is 1.35 bits per heavy atom.